The van der Waals surface area contributed by atoms with Crippen molar-refractivity contribution in [1.82, 2.24) is 0 Å². The second-order valence-corrected chi connectivity index (χ2v) is 18.4. The Kier molecular flexibility index (Phi) is 62.5. The van der Waals surface area contributed by atoms with Crippen molar-refractivity contribution < 1.29 is 214 Å². The summed E-state index contributed by atoms with van der Waals surface area (Å²) in [5, 5.41) is 0. The first-order valence-electron chi connectivity index (χ1n) is 25.0. The summed E-state index contributed by atoms with van der Waals surface area (Å²) >= 11 is 0. The van der Waals surface area contributed by atoms with E-state index in [4.69, 9.17) is 85.3 Å². The van der Waals surface area contributed by atoms with Crippen LogP contribution in [-0.2, 0) is 96.0 Å². The van der Waals surface area contributed by atoms with E-state index >= 15 is 0 Å². The Morgan fingerprint density at radius 2 is 0.493 bits per heavy atom. The van der Waals surface area contributed by atoms with Crippen molar-refractivity contribution in [2.45, 2.75) is 32.6 Å². The third kappa shape index (κ3) is 62.7. The molecule has 0 aromatic heterocycles. The van der Waals surface area contributed by atoms with E-state index in [2.05, 4.69) is 0 Å². The molecule has 24 nitrogen and oxygen atoms in total. The Hall–Kier alpha value is 1.27. The Morgan fingerprint density at radius 3 is 0.720 bits per heavy atom. The molecule has 0 saturated carbocycles. The number of benzene rings is 1. The van der Waals surface area contributed by atoms with Gasteiger partial charge in [-0.2, -0.15) is 0 Å². The first-order chi connectivity index (χ1) is 35.6. The summed E-state index contributed by atoms with van der Waals surface area (Å²) in [6, 6.07) is 5.76. The minimum atomic E-state index is -4.15. The molecule has 0 bridgehead atoms. The zero-order chi connectivity index (χ0) is 52.9. The molecule has 0 unspecified atom stereocenters. The summed E-state index contributed by atoms with van der Waals surface area (Å²) in [7, 11) is -8.31. The Bertz CT molecular complexity index is 1560. The van der Waals surface area contributed by atoms with Crippen molar-refractivity contribution in [2.24, 2.45) is 0 Å². The molecule has 0 N–H and O–H groups in total. The van der Waals surface area contributed by atoms with Crippen LogP contribution in [0.2, 0.25) is 0 Å². The molecule has 432 valence electrons. The minimum Gasteiger partial charge on any atom is -0.748 e. The summed E-state index contributed by atoms with van der Waals surface area (Å²) in [5.41, 5.74) is 1.05. The average Bonchev–Trinajstić information content (AvgIpc) is 3.35. The quantitative estimate of drug-likeness (QED) is 0.0339. The van der Waals surface area contributed by atoms with E-state index in [0.717, 1.165) is 5.56 Å². The van der Waals surface area contributed by atoms with Crippen molar-refractivity contribution >= 4 is 20.2 Å². The Balaban J connectivity index is 0. The molecule has 0 spiro atoms. The maximum absolute atomic E-state index is 10.5. The van der Waals surface area contributed by atoms with E-state index in [1.165, 1.54) is 0 Å². The van der Waals surface area contributed by atoms with E-state index in [-0.39, 0.29) is 114 Å². The van der Waals surface area contributed by atoms with Gasteiger partial charge in [-0.25, -0.2) is 16.8 Å². The number of unbranched alkanes of at least 4 members (excludes halogenated alkanes) is 2. The van der Waals surface area contributed by atoms with E-state index in [9.17, 15) is 25.9 Å². The monoisotopic (exact) mass is 1180 g/mol. The van der Waals surface area contributed by atoms with Crippen molar-refractivity contribution in [2.75, 3.05) is 236 Å². The molecular weight excluding hydrogens is 1090 g/mol. The Morgan fingerprint density at radius 1 is 0.293 bits per heavy atom. The molecule has 28 heteroatoms. The molecule has 0 heterocycles. The van der Waals surface area contributed by atoms with Crippen LogP contribution in [0.4, 0.5) is 0 Å². The number of ether oxygens (including phenoxy) is 18. The topological polar surface area (TPSA) is 281 Å². The van der Waals surface area contributed by atoms with Crippen LogP contribution in [0.15, 0.2) is 18.2 Å². The van der Waals surface area contributed by atoms with Gasteiger partial charge in [0.2, 0.25) is 0 Å². The number of hydrogen-bond acceptors (Lipinski definition) is 24. The molecule has 75 heavy (non-hydrogen) atoms. The molecule has 0 aliphatic carbocycles. The minimum absolute atomic E-state index is 0. The summed E-state index contributed by atoms with van der Waals surface area (Å²) in [4.78, 5) is 0. The molecule has 1 aromatic rings. The van der Waals surface area contributed by atoms with Crippen molar-refractivity contribution in [3.63, 3.8) is 0 Å². The van der Waals surface area contributed by atoms with Gasteiger partial charge in [-0.1, -0.05) is 6.07 Å². The predicted molar refractivity (Wildman–Crippen MR) is 263 cm³/mol. The van der Waals surface area contributed by atoms with Crippen LogP contribution in [0.25, 0.3) is 0 Å². The predicted octanol–water partition coefficient (Wildman–Crippen LogP) is -4.32. The third-order valence-corrected chi connectivity index (χ3v) is 10.7. The molecule has 0 radical (unpaired) electrons. The van der Waals surface area contributed by atoms with Crippen LogP contribution in [0.5, 0.6) is 11.5 Å². The van der Waals surface area contributed by atoms with Gasteiger partial charge < -0.3 is 94.4 Å². The maximum Gasteiger partial charge on any atom is 1.00 e. The fraction of sp³-hybridized carbons (Fsp3) is 0.872. The first-order valence-corrected chi connectivity index (χ1v) is 28.2. The fourth-order valence-corrected chi connectivity index (χ4v) is 6.63. The van der Waals surface area contributed by atoms with Crippen LogP contribution in [-0.4, -0.2) is 262 Å². The SMILES string of the molecule is Cc1ccc(OCCOCCOCCOCCOCCOCCOCCOCCOCCCCS(=O)(=O)[O-])c(OCCOCCOCCOCCOCCOCCOCCOCCOCCCCS(=O)(=O)[O-])c1.[K+].[K+]. The first kappa shape index (κ1) is 78.3. The van der Waals surface area contributed by atoms with Gasteiger partial charge in [0, 0.05) is 24.7 Å². The van der Waals surface area contributed by atoms with Crippen molar-refractivity contribution in [1.29, 1.82) is 0 Å². The summed E-state index contributed by atoms with van der Waals surface area (Å²) < 4.78 is 163. The molecule has 0 amide bonds. The number of rotatable bonds is 60. The molecule has 1 aromatic carbocycles. The summed E-state index contributed by atoms with van der Waals surface area (Å²) in [6.45, 7) is 16.5. The van der Waals surface area contributed by atoms with Gasteiger partial charge in [0.15, 0.2) is 11.5 Å². The summed E-state index contributed by atoms with van der Waals surface area (Å²) in [6.07, 6.45) is 1.62. The molecule has 1 rings (SSSR count). The molecular formula is C47H86K2O24S2. The summed E-state index contributed by atoms with van der Waals surface area (Å²) in [5.74, 6) is 0.544. The van der Waals surface area contributed by atoms with Crippen LogP contribution in [0.3, 0.4) is 0 Å². The number of aryl methyl sites for hydroxylation is 1. The van der Waals surface area contributed by atoms with Gasteiger partial charge >= 0.3 is 103 Å². The zero-order valence-electron chi connectivity index (χ0n) is 45.1. The van der Waals surface area contributed by atoms with E-state index in [1.54, 1.807) is 0 Å². The standard InChI is InChI=1S/C47H88O24S2.2K/c1-45-6-7-46(70-40-38-68-36-34-66-32-30-64-28-26-62-24-22-60-20-18-58-16-14-56-12-10-54-8-2-4-42-72(48,49)50)47(44-45)71-41-39-69-37-35-67-33-31-65-29-27-63-25-23-61-21-19-59-17-15-57-13-11-55-9-3-5-43-73(51,52)53;;/h6-7,44H,2-5,8-43H2,1H3,(H,48,49,50)(H,51,52,53);;/q;2*+1/p-2. The molecule has 0 fully saturated rings. The Labute approximate surface area is 532 Å². The van der Waals surface area contributed by atoms with Gasteiger partial charge in [0.1, 0.15) is 13.2 Å². The second kappa shape index (κ2) is 59.9. The molecule has 0 atom stereocenters. The smallest absolute Gasteiger partial charge is 0.748 e. The normalized spacial score (nSPS) is 11.7. The third-order valence-electron chi connectivity index (χ3n) is 9.14. The van der Waals surface area contributed by atoms with Crippen LogP contribution in [0, 0.1) is 6.92 Å². The van der Waals surface area contributed by atoms with Crippen molar-refractivity contribution in [3.05, 3.63) is 23.8 Å². The molecule has 0 aliphatic rings. The van der Waals surface area contributed by atoms with Gasteiger partial charge in [-0.3, -0.25) is 0 Å². The molecule has 0 saturated heterocycles. The van der Waals surface area contributed by atoms with Crippen LogP contribution >= 0.6 is 0 Å². The van der Waals surface area contributed by atoms with Gasteiger partial charge in [-0.15, -0.1) is 0 Å². The number of hydrogen-bond donors (Lipinski definition) is 0. The van der Waals surface area contributed by atoms with Gasteiger partial charge in [0.05, 0.1) is 218 Å². The van der Waals surface area contributed by atoms with Gasteiger partial charge in [-0.05, 0) is 50.3 Å². The fourth-order valence-electron chi connectivity index (χ4n) is 5.52. The van der Waals surface area contributed by atoms with E-state index in [0.29, 0.717) is 262 Å². The second-order valence-electron chi connectivity index (χ2n) is 15.4. The average molecular weight is 1180 g/mol. The van der Waals surface area contributed by atoms with Crippen molar-refractivity contribution in [3.8, 4) is 11.5 Å². The van der Waals surface area contributed by atoms with Crippen LogP contribution in [0.1, 0.15) is 31.2 Å². The van der Waals surface area contributed by atoms with E-state index in [1.807, 2.05) is 25.1 Å². The van der Waals surface area contributed by atoms with Gasteiger partial charge in [0.25, 0.3) is 0 Å². The van der Waals surface area contributed by atoms with E-state index < -0.39 is 20.2 Å². The molecule has 0 aliphatic heterocycles. The largest absolute Gasteiger partial charge is 1.00 e. The maximum atomic E-state index is 10.5. The van der Waals surface area contributed by atoms with Crippen LogP contribution < -0.4 is 112 Å². The zero-order valence-corrected chi connectivity index (χ0v) is 53.0.